The van der Waals surface area contributed by atoms with E-state index < -0.39 is 6.10 Å². The van der Waals surface area contributed by atoms with Gasteiger partial charge in [-0.1, -0.05) is 247 Å². The first-order valence-corrected chi connectivity index (χ1v) is 25.8. The van der Waals surface area contributed by atoms with Crippen LogP contribution < -0.4 is 0 Å². The molecule has 0 aliphatic carbocycles. The van der Waals surface area contributed by atoms with Gasteiger partial charge in [0.25, 0.3) is 0 Å². The first-order valence-electron chi connectivity index (χ1n) is 25.8. The van der Waals surface area contributed by atoms with Gasteiger partial charge in [0.15, 0.2) is 6.10 Å². The molecule has 344 valence electrons. The van der Waals surface area contributed by atoms with E-state index >= 15 is 0 Å². The van der Waals surface area contributed by atoms with Crippen molar-refractivity contribution in [1.82, 2.24) is 0 Å². The summed E-state index contributed by atoms with van der Waals surface area (Å²) in [5.41, 5.74) is 0. The van der Waals surface area contributed by atoms with Gasteiger partial charge in [-0.3, -0.25) is 14.4 Å². The Bertz CT molecular complexity index is 887. The number of carbonyl (C=O) groups excluding carboxylic acids is 3. The van der Waals surface area contributed by atoms with E-state index in [9.17, 15) is 14.4 Å². The molecule has 0 aromatic heterocycles. The Morgan fingerprint density at radius 1 is 0.362 bits per heavy atom. The SMILES string of the molecule is CCCCCCCC(=O)OC[C@@H](COC(=O)CCCCCCCCCCCCCCCCCCCCC(C)CC)OC(=O)CCCCCCCCCCCCC(C)C. The molecule has 0 amide bonds. The molecule has 0 radical (unpaired) electrons. The van der Waals surface area contributed by atoms with Crippen LogP contribution in [0.2, 0.25) is 0 Å². The van der Waals surface area contributed by atoms with Crippen molar-refractivity contribution in [2.75, 3.05) is 13.2 Å². The Morgan fingerprint density at radius 2 is 0.655 bits per heavy atom. The quantitative estimate of drug-likeness (QED) is 0.0346. The first kappa shape index (κ1) is 56.4. The van der Waals surface area contributed by atoms with Gasteiger partial charge in [-0.2, -0.15) is 0 Å². The molecule has 0 rings (SSSR count). The summed E-state index contributed by atoms with van der Waals surface area (Å²) in [4.78, 5) is 37.6. The van der Waals surface area contributed by atoms with Crippen molar-refractivity contribution in [3.05, 3.63) is 0 Å². The van der Waals surface area contributed by atoms with Crippen LogP contribution in [0.25, 0.3) is 0 Å². The van der Waals surface area contributed by atoms with E-state index in [4.69, 9.17) is 14.2 Å². The third-order valence-corrected chi connectivity index (χ3v) is 12.1. The minimum absolute atomic E-state index is 0.0649. The largest absolute Gasteiger partial charge is 0.462 e. The van der Waals surface area contributed by atoms with Crippen LogP contribution >= 0.6 is 0 Å². The summed E-state index contributed by atoms with van der Waals surface area (Å²) < 4.78 is 16.7. The third-order valence-electron chi connectivity index (χ3n) is 12.1. The maximum absolute atomic E-state index is 12.7. The molecular formula is C52H100O6. The molecule has 0 aliphatic heterocycles. The van der Waals surface area contributed by atoms with Gasteiger partial charge in [-0.15, -0.1) is 0 Å². The average molecular weight is 821 g/mol. The molecule has 0 heterocycles. The van der Waals surface area contributed by atoms with E-state index in [-0.39, 0.29) is 31.1 Å². The standard InChI is InChI=1S/C52H100O6/c1-6-8-9-30-37-42-50(53)56-45-49(58-52(55)44-39-34-29-25-21-20-22-26-31-35-40-47(3)4)46-57-51(54)43-38-33-28-24-19-17-15-13-11-10-12-14-16-18-23-27-32-36-41-48(5)7-2/h47-49H,6-46H2,1-5H3/t48?,49-/m0/s1. The Kier molecular flexibility index (Phi) is 43.7. The van der Waals surface area contributed by atoms with Gasteiger partial charge >= 0.3 is 17.9 Å². The molecule has 0 saturated heterocycles. The second-order valence-corrected chi connectivity index (χ2v) is 18.5. The fourth-order valence-corrected chi connectivity index (χ4v) is 7.78. The van der Waals surface area contributed by atoms with Crippen molar-refractivity contribution in [2.45, 2.75) is 291 Å². The predicted molar refractivity (Wildman–Crippen MR) is 247 cm³/mol. The molecule has 0 bridgehead atoms. The van der Waals surface area contributed by atoms with Gasteiger partial charge in [0.1, 0.15) is 13.2 Å². The van der Waals surface area contributed by atoms with Crippen LogP contribution in [-0.4, -0.2) is 37.2 Å². The number of hydrogen-bond acceptors (Lipinski definition) is 6. The minimum atomic E-state index is -0.759. The fourth-order valence-electron chi connectivity index (χ4n) is 7.78. The minimum Gasteiger partial charge on any atom is -0.462 e. The maximum atomic E-state index is 12.7. The summed E-state index contributed by atoms with van der Waals surface area (Å²) in [6.07, 6.45) is 45.5. The Morgan fingerprint density at radius 3 is 0.983 bits per heavy atom. The normalized spacial score (nSPS) is 12.5. The van der Waals surface area contributed by atoms with Gasteiger partial charge in [0, 0.05) is 19.3 Å². The summed E-state index contributed by atoms with van der Waals surface area (Å²) >= 11 is 0. The lowest BCUT2D eigenvalue weighted by molar-refractivity contribution is -0.167. The summed E-state index contributed by atoms with van der Waals surface area (Å²) in [7, 11) is 0. The molecule has 0 spiro atoms. The zero-order valence-corrected chi connectivity index (χ0v) is 39.7. The van der Waals surface area contributed by atoms with Crippen molar-refractivity contribution < 1.29 is 28.6 Å². The number of rotatable bonds is 46. The molecule has 0 saturated carbocycles. The second-order valence-electron chi connectivity index (χ2n) is 18.5. The average Bonchev–Trinajstić information content (AvgIpc) is 3.21. The molecule has 2 atom stereocenters. The maximum Gasteiger partial charge on any atom is 0.306 e. The number of ether oxygens (including phenoxy) is 3. The predicted octanol–water partition coefficient (Wildman–Crippen LogP) is 16.5. The molecule has 0 aromatic rings. The third kappa shape index (κ3) is 44.0. The van der Waals surface area contributed by atoms with Crippen LogP contribution in [0.3, 0.4) is 0 Å². The van der Waals surface area contributed by atoms with Crippen molar-refractivity contribution in [2.24, 2.45) is 11.8 Å². The summed E-state index contributed by atoms with van der Waals surface area (Å²) in [5, 5.41) is 0. The van der Waals surface area contributed by atoms with Crippen molar-refractivity contribution in [3.8, 4) is 0 Å². The fraction of sp³-hybridized carbons (Fsp3) is 0.942. The molecular weight excluding hydrogens is 721 g/mol. The molecule has 6 nitrogen and oxygen atoms in total. The van der Waals surface area contributed by atoms with E-state index in [1.165, 1.54) is 167 Å². The molecule has 6 heteroatoms. The lowest BCUT2D eigenvalue weighted by Gasteiger charge is -2.18. The van der Waals surface area contributed by atoms with E-state index in [1.54, 1.807) is 0 Å². The summed E-state index contributed by atoms with van der Waals surface area (Å²) in [5.74, 6) is 0.862. The van der Waals surface area contributed by atoms with Crippen molar-refractivity contribution in [3.63, 3.8) is 0 Å². The zero-order chi connectivity index (χ0) is 42.6. The first-order chi connectivity index (χ1) is 28.3. The van der Waals surface area contributed by atoms with Gasteiger partial charge in [-0.25, -0.2) is 0 Å². The van der Waals surface area contributed by atoms with Crippen LogP contribution in [0.5, 0.6) is 0 Å². The van der Waals surface area contributed by atoms with Crippen molar-refractivity contribution in [1.29, 1.82) is 0 Å². The highest BCUT2D eigenvalue weighted by atomic mass is 16.6. The van der Waals surface area contributed by atoms with E-state index in [1.807, 2.05) is 0 Å². The molecule has 0 aliphatic rings. The molecule has 1 unspecified atom stereocenters. The Labute approximate surface area is 361 Å². The van der Waals surface area contributed by atoms with Crippen LogP contribution in [0, 0.1) is 11.8 Å². The van der Waals surface area contributed by atoms with Gasteiger partial charge in [-0.05, 0) is 31.1 Å². The van der Waals surface area contributed by atoms with Crippen molar-refractivity contribution >= 4 is 17.9 Å². The van der Waals surface area contributed by atoms with Crippen LogP contribution in [0.15, 0.2) is 0 Å². The summed E-state index contributed by atoms with van der Waals surface area (Å²) in [6.45, 7) is 11.3. The Hall–Kier alpha value is -1.59. The van der Waals surface area contributed by atoms with Gasteiger partial charge < -0.3 is 14.2 Å². The highest BCUT2D eigenvalue weighted by Crippen LogP contribution is 2.18. The van der Waals surface area contributed by atoms with Crippen LogP contribution in [0.1, 0.15) is 285 Å². The highest BCUT2D eigenvalue weighted by Gasteiger charge is 2.19. The molecule has 0 N–H and O–H groups in total. The lowest BCUT2D eigenvalue weighted by atomic mass is 9.99. The van der Waals surface area contributed by atoms with Gasteiger partial charge in [0.2, 0.25) is 0 Å². The van der Waals surface area contributed by atoms with E-state index in [0.29, 0.717) is 19.3 Å². The molecule has 0 fully saturated rings. The smallest absolute Gasteiger partial charge is 0.306 e. The van der Waals surface area contributed by atoms with Crippen LogP contribution in [0.4, 0.5) is 0 Å². The monoisotopic (exact) mass is 821 g/mol. The van der Waals surface area contributed by atoms with Crippen LogP contribution in [-0.2, 0) is 28.6 Å². The Balaban J connectivity index is 4.05. The highest BCUT2D eigenvalue weighted by molar-refractivity contribution is 5.71. The number of unbranched alkanes of at least 4 members (excludes halogenated alkanes) is 30. The molecule has 0 aromatic carbocycles. The zero-order valence-electron chi connectivity index (χ0n) is 39.7. The summed E-state index contributed by atoms with van der Waals surface area (Å²) in [6, 6.07) is 0. The second kappa shape index (κ2) is 44.9. The number of hydrogen-bond donors (Lipinski definition) is 0. The van der Waals surface area contributed by atoms with E-state index in [0.717, 1.165) is 76.0 Å². The number of carbonyl (C=O) groups is 3. The molecule has 58 heavy (non-hydrogen) atoms. The van der Waals surface area contributed by atoms with Gasteiger partial charge in [0.05, 0.1) is 0 Å². The van der Waals surface area contributed by atoms with E-state index in [2.05, 4.69) is 34.6 Å². The lowest BCUT2D eigenvalue weighted by Crippen LogP contribution is -2.30. The topological polar surface area (TPSA) is 78.9 Å². The number of esters is 3.